The standard InChI is InChI=1S/C21H24N6O3S/c1-4-31(28,29)15-6-8-19(30-3)17(12-15)21(22)23-10-9-20(25-21)24-14-5-7-16-13(2)26-27-18(16)11-14/h5-12,24-25H,4,22H2,1-3H3,(H,26,27)/i8D. The van der Waals surface area contributed by atoms with Gasteiger partial charge in [0, 0.05) is 23.0 Å². The van der Waals surface area contributed by atoms with Gasteiger partial charge in [0.05, 0.1) is 30.2 Å². The van der Waals surface area contributed by atoms with Crippen LogP contribution in [0.1, 0.15) is 19.6 Å². The molecule has 9 nitrogen and oxygen atoms in total. The van der Waals surface area contributed by atoms with Crippen LogP contribution in [0.4, 0.5) is 5.69 Å². The molecular weight excluding hydrogens is 416 g/mol. The molecule has 0 bridgehead atoms. The number of H-pyrrole nitrogens is 1. The van der Waals surface area contributed by atoms with E-state index in [1.54, 1.807) is 13.0 Å². The highest BCUT2D eigenvalue weighted by Crippen LogP contribution is 2.32. The minimum atomic E-state index is -3.57. The summed E-state index contributed by atoms with van der Waals surface area (Å²) >= 11 is 0. The molecule has 0 amide bonds. The third-order valence-corrected chi connectivity index (χ3v) is 6.81. The number of aromatic nitrogens is 2. The number of methoxy groups -OCH3 is 1. The second kappa shape index (κ2) is 7.71. The number of benzene rings is 2. The Morgan fingerprint density at radius 1 is 1.32 bits per heavy atom. The molecule has 0 aliphatic carbocycles. The van der Waals surface area contributed by atoms with Crippen molar-refractivity contribution in [1.29, 1.82) is 0 Å². The minimum absolute atomic E-state index is 0.00830. The van der Waals surface area contributed by atoms with Crippen molar-refractivity contribution in [2.75, 3.05) is 18.2 Å². The molecule has 4 rings (SSSR count). The van der Waals surface area contributed by atoms with Crippen molar-refractivity contribution in [3.8, 4) is 5.75 Å². The van der Waals surface area contributed by atoms with Gasteiger partial charge in [0.15, 0.2) is 9.84 Å². The Labute approximate surface area is 181 Å². The van der Waals surface area contributed by atoms with Gasteiger partial charge in [-0.25, -0.2) is 13.4 Å². The van der Waals surface area contributed by atoms with Crippen molar-refractivity contribution >= 4 is 32.6 Å². The van der Waals surface area contributed by atoms with E-state index in [4.69, 9.17) is 11.8 Å². The van der Waals surface area contributed by atoms with Crippen molar-refractivity contribution in [2.24, 2.45) is 10.7 Å². The number of sulfone groups is 1. The maximum Gasteiger partial charge on any atom is 0.213 e. The summed E-state index contributed by atoms with van der Waals surface area (Å²) in [4.78, 5) is 4.32. The molecule has 5 N–H and O–H groups in total. The van der Waals surface area contributed by atoms with Gasteiger partial charge >= 0.3 is 0 Å². The van der Waals surface area contributed by atoms with Gasteiger partial charge in [0.1, 0.15) is 11.6 Å². The van der Waals surface area contributed by atoms with Crippen molar-refractivity contribution in [2.45, 2.75) is 24.5 Å². The summed E-state index contributed by atoms with van der Waals surface area (Å²) in [5, 5.41) is 14.6. The normalized spacial score (nSPS) is 19.0. The molecule has 1 atom stereocenters. The lowest BCUT2D eigenvalue weighted by Crippen LogP contribution is -2.51. The fourth-order valence-electron chi connectivity index (χ4n) is 3.36. The van der Waals surface area contributed by atoms with Crippen LogP contribution in [0, 0.1) is 6.92 Å². The van der Waals surface area contributed by atoms with Crippen LogP contribution >= 0.6 is 0 Å². The maximum atomic E-state index is 12.5. The zero-order valence-electron chi connectivity index (χ0n) is 18.4. The maximum absolute atomic E-state index is 12.5. The van der Waals surface area contributed by atoms with E-state index in [2.05, 4.69) is 25.8 Å². The van der Waals surface area contributed by atoms with Crippen LogP contribution in [-0.2, 0) is 15.6 Å². The van der Waals surface area contributed by atoms with Crippen LogP contribution in [0.5, 0.6) is 5.75 Å². The van der Waals surface area contributed by atoms with Crippen molar-refractivity contribution in [3.63, 3.8) is 0 Å². The van der Waals surface area contributed by atoms with Crippen LogP contribution in [0.15, 0.2) is 58.2 Å². The number of nitrogens with zero attached hydrogens (tertiary/aromatic N) is 2. The van der Waals surface area contributed by atoms with Crippen LogP contribution in [-0.4, -0.2) is 37.7 Å². The topological polar surface area (TPSA) is 134 Å². The number of rotatable bonds is 6. The molecule has 31 heavy (non-hydrogen) atoms. The number of fused-ring (bicyclic) bond motifs is 1. The van der Waals surface area contributed by atoms with E-state index < -0.39 is 15.6 Å². The lowest BCUT2D eigenvalue weighted by Gasteiger charge is -2.33. The van der Waals surface area contributed by atoms with E-state index in [0.717, 1.165) is 22.3 Å². The molecule has 0 radical (unpaired) electrons. The number of anilines is 1. The first-order valence-electron chi connectivity index (χ1n) is 10.1. The van der Waals surface area contributed by atoms with E-state index in [-0.39, 0.29) is 28.0 Å². The van der Waals surface area contributed by atoms with Gasteiger partial charge < -0.3 is 15.4 Å². The molecule has 1 aliphatic heterocycles. The number of aromatic amines is 1. The monoisotopic (exact) mass is 441 g/mol. The average Bonchev–Trinajstić information content (AvgIpc) is 3.13. The van der Waals surface area contributed by atoms with E-state index in [1.165, 1.54) is 25.5 Å². The molecule has 1 unspecified atom stereocenters. The van der Waals surface area contributed by atoms with E-state index in [9.17, 15) is 8.42 Å². The summed E-state index contributed by atoms with van der Waals surface area (Å²) < 4.78 is 38.5. The second-order valence-electron chi connectivity index (χ2n) is 7.14. The van der Waals surface area contributed by atoms with Gasteiger partial charge in [-0.1, -0.05) is 6.92 Å². The number of allylic oxidation sites excluding steroid dienone is 1. The first-order chi connectivity index (χ1) is 15.2. The summed E-state index contributed by atoms with van der Waals surface area (Å²) in [5.74, 6) is -0.980. The predicted molar refractivity (Wildman–Crippen MR) is 121 cm³/mol. The number of aryl methyl sites for hydroxylation is 1. The van der Waals surface area contributed by atoms with Gasteiger partial charge in [-0.05, 0) is 49.4 Å². The minimum Gasteiger partial charge on any atom is -0.496 e. The first-order valence-corrected chi connectivity index (χ1v) is 11.3. The zero-order valence-corrected chi connectivity index (χ0v) is 18.2. The third kappa shape index (κ3) is 3.87. The highest BCUT2D eigenvalue weighted by atomic mass is 32.2. The van der Waals surface area contributed by atoms with E-state index >= 15 is 0 Å². The lowest BCUT2D eigenvalue weighted by molar-refractivity contribution is 0.354. The Bertz CT molecular complexity index is 1370. The molecule has 0 saturated carbocycles. The largest absolute Gasteiger partial charge is 0.496 e. The Kier molecular flexibility index (Phi) is 4.87. The first kappa shape index (κ1) is 19.6. The molecule has 162 valence electrons. The van der Waals surface area contributed by atoms with Crippen LogP contribution < -0.4 is 21.1 Å². The number of aliphatic imine (C=N–C) groups is 1. The highest BCUT2D eigenvalue weighted by molar-refractivity contribution is 7.91. The predicted octanol–water partition coefficient (Wildman–Crippen LogP) is 2.37. The molecule has 0 spiro atoms. The summed E-state index contributed by atoms with van der Waals surface area (Å²) in [6.07, 6.45) is 3.21. The van der Waals surface area contributed by atoms with Crippen molar-refractivity contribution in [3.05, 3.63) is 59.5 Å². The number of ether oxygens (including phenoxy) is 1. The second-order valence-corrected chi connectivity index (χ2v) is 9.42. The Morgan fingerprint density at radius 3 is 2.87 bits per heavy atom. The van der Waals surface area contributed by atoms with Gasteiger partial charge in [-0.3, -0.25) is 10.8 Å². The van der Waals surface area contributed by atoms with Crippen molar-refractivity contribution in [1.82, 2.24) is 15.5 Å². The van der Waals surface area contributed by atoms with Gasteiger partial charge in [-0.15, -0.1) is 0 Å². The van der Waals surface area contributed by atoms with Crippen LogP contribution in [0.3, 0.4) is 0 Å². The molecular formula is C21H24N6O3S. The molecule has 0 fully saturated rings. The molecule has 2 aromatic carbocycles. The van der Waals surface area contributed by atoms with Gasteiger partial charge in [0.2, 0.25) is 5.79 Å². The molecule has 1 aliphatic rings. The number of nitrogens with one attached hydrogen (secondary N) is 3. The van der Waals surface area contributed by atoms with E-state index in [0.29, 0.717) is 5.82 Å². The fraction of sp³-hybridized carbons (Fsp3) is 0.238. The Morgan fingerprint density at radius 2 is 2.13 bits per heavy atom. The van der Waals surface area contributed by atoms with E-state index in [1.807, 2.05) is 25.1 Å². The summed E-state index contributed by atoms with van der Waals surface area (Å²) in [7, 11) is -2.17. The molecule has 2 heterocycles. The molecule has 3 aromatic rings. The molecule has 1 aromatic heterocycles. The quantitative estimate of drug-likeness (QED) is 0.461. The summed E-state index contributed by atoms with van der Waals surface area (Å²) in [5.41, 5.74) is 9.36. The van der Waals surface area contributed by atoms with Crippen LogP contribution in [0.25, 0.3) is 10.9 Å². The highest BCUT2D eigenvalue weighted by Gasteiger charge is 2.33. The third-order valence-electron chi connectivity index (χ3n) is 5.10. The Hall–Kier alpha value is -3.37. The lowest BCUT2D eigenvalue weighted by atomic mass is 10.1. The fourth-order valence-corrected chi connectivity index (χ4v) is 4.23. The smallest absolute Gasteiger partial charge is 0.213 e. The molecule has 10 heteroatoms. The van der Waals surface area contributed by atoms with Gasteiger partial charge in [0.25, 0.3) is 0 Å². The zero-order chi connectivity index (χ0) is 23.1. The van der Waals surface area contributed by atoms with Gasteiger partial charge in [-0.2, -0.15) is 5.10 Å². The number of hydrogen-bond donors (Lipinski definition) is 4. The number of hydrogen-bond acceptors (Lipinski definition) is 8. The van der Waals surface area contributed by atoms with Crippen LogP contribution in [0.2, 0.25) is 0 Å². The average molecular weight is 442 g/mol. The summed E-state index contributed by atoms with van der Waals surface area (Å²) in [6, 6.07) is 8.32. The SMILES string of the molecule is [2H]c1cc(S(=O)(=O)CC)cc(C2(N)N=CC=C(Nc3ccc4c(C)[nH]nc4c3)N2)c1OC. The number of nitrogens with two attached hydrogens (primary N) is 1. The molecule has 0 saturated heterocycles. The van der Waals surface area contributed by atoms with Crippen molar-refractivity contribution < 1.29 is 14.5 Å². The summed E-state index contributed by atoms with van der Waals surface area (Å²) in [6.45, 7) is 3.49. The Balaban J connectivity index is 1.69.